The number of carbonyl (C=O) groups is 1. The predicted octanol–water partition coefficient (Wildman–Crippen LogP) is 1.90. The fourth-order valence-electron chi connectivity index (χ4n) is 1.32. The number of hydrogen-bond acceptors (Lipinski definition) is 6. The first-order valence-electron chi connectivity index (χ1n) is 5.68. The summed E-state index contributed by atoms with van der Waals surface area (Å²) < 4.78 is 4.56. The quantitative estimate of drug-likeness (QED) is 0.629. The molecule has 0 aromatic carbocycles. The first-order valence-corrected chi connectivity index (χ1v) is 6.67. The summed E-state index contributed by atoms with van der Waals surface area (Å²) in [5, 5.41) is 10.1. The lowest BCUT2D eigenvalue weighted by atomic mass is 10.4. The summed E-state index contributed by atoms with van der Waals surface area (Å²) in [6, 6.07) is 1.74. The molecule has 1 heterocycles. The molecule has 0 bridgehead atoms. The van der Waals surface area contributed by atoms with Crippen molar-refractivity contribution in [3.8, 4) is 5.75 Å². The molecule has 100 valence electrons. The van der Waals surface area contributed by atoms with Gasteiger partial charge in [-0.2, -0.15) is 0 Å². The number of aromatic nitrogens is 1. The molecular formula is C12H18N2O3S. The lowest BCUT2D eigenvalue weighted by Crippen LogP contribution is -2.17. The van der Waals surface area contributed by atoms with E-state index < -0.39 is 0 Å². The van der Waals surface area contributed by atoms with Gasteiger partial charge < -0.3 is 14.7 Å². The van der Waals surface area contributed by atoms with Crippen molar-refractivity contribution in [2.45, 2.75) is 18.2 Å². The van der Waals surface area contributed by atoms with Gasteiger partial charge in [-0.05, 0) is 13.0 Å². The number of aromatic hydroxyl groups is 1. The second-order valence-electron chi connectivity index (χ2n) is 3.67. The van der Waals surface area contributed by atoms with Crippen molar-refractivity contribution in [2.75, 3.05) is 31.4 Å². The van der Waals surface area contributed by atoms with E-state index in [1.54, 1.807) is 12.3 Å². The average molecular weight is 270 g/mol. The molecule has 0 aliphatic rings. The van der Waals surface area contributed by atoms with Crippen LogP contribution in [-0.2, 0) is 9.53 Å². The van der Waals surface area contributed by atoms with Crippen molar-refractivity contribution >= 4 is 23.5 Å². The summed E-state index contributed by atoms with van der Waals surface area (Å²) in [6.45, 7) is 2.75. The molecule has 0 saturated heterocycles. The normalized spacial score (nSPS) is 10.2. The molecule has 1 rings (SSSR count). The molecule has 1 N–H and O–H groups in total. The Morgan fingerprint density at radius 2 is 2.33 bits per heavy atom. The maximum Gasteiger partial charge on any atom is 0.306 e. The zero-order valence-corrected chi connectivity index (χ0v) is 11.7. The number of ether oxygens (including phenoxy) is 1. The number of nitrogens with zero attached hydrogens (tertiary/aromatic N) is 2. The molecule has 0 spiro atoms. The lowest BCUT2D eigenvalue weighted by Gasteiger charge is -2.17. The third kappa shape index (κ3) is 3.80. The second-order valence-corrected chi connectivity index (χ2v) is 4.81. The van der Waals surface area contributed by atoms with Gasteiger partial charge in [0.05, 0.1) is 18.4 Å². The first kappa shape index (κ1) is 14.6. The van der Waals surface area contributed by atoms with E-state index in [0.717, 1.165) is 11.4 Å². The number of anilines is 1. The number of hydrogen-bond donors (Lipinski definition) is 1. The Labute approximate surface area is 111 Å². The van der Waals surface area contributed by atoms with Crippen molar-refractivity contribution in [1.29, 1.82) is 0 Å². The molecule has 1 aromatic rings. The van der Waals surface area contributed by atoms with Gasteiger partial charge in [0.1, 0.15) is 0 Å². The highest BCUT2D eigenvalue weighted by Gasteiger charge is 2.12. The van der Waals surface area contributed by atoms with Crippen LogP contribution in [0.2, 0.25) is 0 Å². The van der Waals surface area contributed by atoms with Gasteiger partial charge in [0.2, 0.25) is 0 Å². The summed E-state index contributed by atoms with van der Waals surface area (Å²) in [6.07, 6.45) is 1.98. The van der Waals surface area contributed by atoms with Crippen molar-refractivity contribution in [1.82, 2.24) is 4.98 Å². The molecule has 0 atom stereocenters. The molecule has 5 nitrogen and oxygen atoms in total. The average Bonchev–Trinajstić information content (AvgIpc) is 2.39. The van der Waals surface area contributed by atoms with Crippen LogP contribution in [0.25, 0.3) is 0 Å². The van der Waals surface area contributed by atoms with E-state index in [1.165, 1.54) is 18.9 Å². The summed E-state index contributed by atoms with van der Waals surface area (Å²) in [4.78, 5) is 17.7. The van der Waals surface area contributed by atoms with Crippen LogP contribution >= 0.6 is 11.8 Å². The Morgan fingerprint density at radius 3 is 2.94 bits per heavy atom. The largest absolute Gasteiger partial charge is 0.503 e. The minimum absolute atomic E-state index is 0.164. The SMILES string of the molecule is CCN(C)c1nccc(SCCC(=O)OC)c1O. The minimum atomic E-state index is -0.248. The first-order chi connectivity index (χ1) is 8.60. The smallest absolute Gasteiger partial charge is 0.306 e. The number of thioether (sulfide) groups is 1. The number of carbonyl (C=O) groups excluding carboxylic acids is 1. The highest BCUT2D eigenvalue weighted by Crippen LogP contribution is 2.34. The molecule has 0 saturated carbocycles. The van der Waals surface area contributed by atoms with E-state index in [2.05, 4.69) is 9.72 Å². The Kier molecular flexibility index (Phi) is 5.77. The molecule has 0 amide bonds. The van der Waals surface area contributed by atoms with Crippen molar-refractivity contribution in [2.24, 2.45) is 0 Å². The van der Waals surface area contributed by atoms with E-state index >= 15 is 0 Å². The van der Waals surface area contributed by atoms with Crippen LogP contribution in [0.1, 0.15) is 13.3 Å². The number of esters is 1. The molecule has 0 aliphatic heterocycles. The van der Waals surface area contributed by atoms with E-state index in [9.17, 15) is 9.90 Å². The van der Waals surface area contributed by atoms with Crippen molar-refractivity contribution in [3.63, 3.8) is 0 Å². The topological polar surface area (TPSA) is 62.7 Å². The Bertz CT molecular complexity index is 412. The van der Waals surface area contributed by atoms with Gasteiger partial charge in [-0.1, -0.05) is 0 Å². The highest BCUT2D eigenvalue weighted by atomic mass is 32.2. The maximum absolute atomic E-state index is 11.0. The van der Waals surface area contributed by atoms with Gasteiger partial charge in [0.25, 0.3) is 0 Å². The zero-order valence-electron chi connectivity index (χ0n) is 10.8. The van der Waals surface area contributed by atoms with Crippen LogP contribution in [-0.4, -0.2) is 42.5 Å². The third-order valence-corrected chi connectivity index (χ3v) is 3.54. The second kappa shape index (κ2) is 7.10. The Hall–Kier alpha value is -1.43. The summed E-state index contributed by atoms with van der Waals surface area (Å²) in [7, 11) is 3.23. The van der Waals surface area contributed by atoms with Crippen LogP contribution in [0.3, 0.4) is 0 Å². The van der Waals surface area contributed by atoms with E-state index in [1.807, 2.05) is 18.9 Å². The lowest BCUT2D eigenvalue weighted by molar-refractivity contribution is -0.140. The maximum atomic E-state index is 11.0. The van der Waals surface area contributed by atoms with Crippen LogP contribution in [0.15, 0.2) is 17.2 Å². The van der Waals surface area contributed by atoms with Gasteiger partial charge in [0, 0.05) is 25.5 Å². The molecule has 0 radical (unpaired) electrons. The number of rotatable bonds is 6. The number of methoxy groups -OCH3 is 1. The van der Waals surface area contributed by atoms with Crippen LogP contribution in [0, 0.1) is 0 Å². The fraction of sp³-hybridized carbons (Fsp3) is 0.500. The fourth-order valence-corrected chi connectivity index (χ4v) is 2.19. The van der Waals surface area contributed by atoms with E-state index in [0.29, 0.717) is 18.0 Å². The van der Waals surface area contributed by atoms with Crippen molar-refractivity contribution < 1.29 is 14.6 Å². The molecule has 6 heteroatoms. The predicted molar refractivity (Wildman–Crippen MR) is 72.2 cm³/mol. The minimum Gasteiger partial charge on any atom is -0.503 e. The summed E-state index contributed by atoms with van der Waals surface area (Å²) in [5.74, 6) is 1.04. The van der Waals surface area contributed by atoms with Gasteiger partial charge >= 0.3 is 5.97 Å². The van der Waals surface area contributed by atoms with Crippen LogP contribution in [0.5, 0.6) is 5.75 Å². The molecule has 0 fully saturated rings. The monoisotopic (exact) mass is 270 g/mol. The van der Waals surface area contributed by atoms with Crippen molar-refractivity contribution in [3.05, 3.63) is 12.3 Å². The van der Waals surface area contributed by atoms with E-state index in [-0.39, 0.29) is 11.7 Å². The molecule has 0 aliphatic carbocycles. The molecular weight excluding hydrogens is 252 g/mol. The number of pyridine rings is 1. The Balaban J connectivity index is 2.69. The summed E-state index contributed by atoms with van der Waals surface area (Å²) >= 11 is 1.42. The molecule has 18 heavy (non-hydrogen) atoms. The van der Waals surface area contributed by atoms with Gasteiger partial charge in [0.15, 0.2) is 11.6 Å². The van der Waals surface area contributed by atoms with Gasteiger partial charge in [-0.25, -0.2) is 4.98 Å². The molecule has 0 unspecified atom stereocenters. The standard InChI is InChI=1S/C12H18N2O3S/c1-4-14(2)12-11(16)9(5-7-13-12)18-8-6-10(15)17-3/h5,7,16H,4,6,8H2,1-3H3. The Morgan fingerprint density at radius 1 is 1.61 bits per heavy atom. The summed E-state index contributed by atoms with van der Waals surface area (Å²) in [5.41, 5.74) is 0. The van der Waals surface area contributed by atoms with Crippen LogP contribution in [0.4, 0.5) is 5.82 Å². The third-order valence-electron chi connectivity index (χ3n) is 2.50. The molecule has 1 aromatic heterocycles. The van der Waals surface area contributed by atoms with Gasteiger partial charge in [-0.15, -0.1) is 11.8 Å². The van der Waals surface area contributed by atoms with Gasteiger partial charge in [-0.3, -0.25) is 4.79 Å². The van der Waals surface area contributed by atoms with E-state index in [4.69, 9.17) is 0 Å². The van der Waals surface area contributed by atoms with Crippen LogP contribution < -0.4 is 4.90 Å². The zero-order chi connectivity index (χ0) is 13.5. The highest BCUT2D eigenvalue weighted by molar-refractivity contribution is 7.99.